The fraction of sp³-hybridized carbons (Fsp3) is 0.800. The zero-order valence-electron chi connectivity index (χ0n) is 9.86. The molecule has 0 spiro atoms. The fourth-order valence-electron chi connectivity index (χ4n) is 1.12. The van der Waals surface area contributed by atoms with E-state index in [2.05, 4.69) is 5.32 Å². The van der Waals surface area contributed by atoms with E-state index >= 15 is 0 Å². The molecule has 16 heavy (non-hydrogen) atoms. The molecular weight excluding hydrogens is 212 g/mol. The summed E-state index contributed by atoms with van der Waals surface area (Å²) in [6.07, 6.45) is 0.726. The lowest BCUT2D eigenvalue weighted by molar-refractivity contribution is -0.137. The molecule has 0 aliphatic heterocycles. The third-order valence-electron chi connectivity index (χ3n) is 1.94. The van der Waals surface area contributed by atoms with Crippen molar-refractivity contribution >= 4 is 12.0 Å². The largest absolute Gasteiger partial charge is 0.480 e. The van der Waals surface area contributed by atoms with E-state index in [4.69, 9.17) is 9.84 Å². The van der Waals surface area contributed by atoms with Crippen molar-refractivity contribution in [3.05, 3.63) is 0 Å². The Kier molecular flexibility index (Phi) is 8.24. The van der Waals surface area contributed by atoms with Crippen LogP contribution in [0.15, 0.2) is 0 Å². The summed E-state index contributed by atoms with van der Waals surface area (Å²) in [7, 11) is 0. The van der Waals surface area contributed by atoms with E-state index in [1.165, 1.54) is 4.90 Å². The number of carbonyl (C=O) groups excluding carboxylic acids is 1. The van der Waals surface area contributed by atoms with Gasteiger partial charge in [-0.25, -0.2) is 4.79 Å². The molecule has 0 saturated carbocycles. The highest BCUT2D eigenvalue weighted by molar-refractivity contribution is 5.79. The number of aliphatic carboxylic acids is 1. The number of amides is 2. The Hall–Kier alpha value is -1.30. The van der Waals surface area contributed by atoms with Crippen LogP contribution in [0.5, 0.6) is 0 Å². The van der Waals surface area contributed by atoms with Crippen molar-refractivity contribution in [1.29, 1.82) is 0 Å². The summed E-state index contributed by atoms with van der Waals surface area (Å²) in [5.74, 6) is -1.01. The normalized spacial score (nSPS) is 9.88. The standard InChI is InChI=1S/C10H20N2O4/c1-3-12(8-9(13)14)10(15)11-6-5-7-16-4-2/h3-8H2,1-2H3,(H,11,15)(H,13,14). The van der Waals surface area contributed by atoms with Gasteiger partial charge in [0.15, 0.2) is 0 Å². The molecule has 0 unspecified atom stereocenters. The molecule has 0 aromatic carbocycles. The smallest absolute Gasteiger partial charge is 0.323 e. The average molecular weight is 232 g/mol. The molecule has 0 aromatic heterocycles. The molecule has 0 heterocycles. The number of likely N-dealkylation sites (N-methyl/N-ethyl adjacent to an activating group) is 1. The molecule has 0 rings (SSSR count). The number of carbonyl (C=O) groups is 2. The average Bonchev–Trinajstić information content (AvgIpc) is 2.25. The number of urea groups is 1. The van der Waals surface area contributed by atoms with Crippen LogP contribution in [0.2, 0.25) is 0 Å². The van der Waals surface area contributed by atoms with Crippen LogP contribution in [0.3, 0.4) is 0 Å². The van der Waals surface area contributed by atoms with E-state index in [9.17, 15) is 9.59 Å². The van der Waals surface area contributed by atoms with Gasteiger partial charge in [-0.2, -0.15) is 0 Å². The molecule has 6 nitrogen and oxygen atoms in total. The number of hydrogen-bond acceptors (Lipinski definition) is 3. The van der Waals surface area contributed by atoms with E-state index < -0.39 is 5.97 Å². The summed E-state index contributed by atoms with van der Waals surface area (Å²) in [6.45, 7) is 5.51. The van der Waals surface area contributed by atoms with Crippen molar-refractivity contribution in [3.63, 3.8) is 0 Å². The highest BCUT2D eigenvalue weighted by Gasteiger charge is 2.13. The van der Waals surface area contributed by atoms with Crippen LogP contribution in [0.1, 0.15) is 20.3 Å². The molecule has 0 bridgehead atoms. The Bertz CT molecular complexity index is 221. The highest BCUT2D eigenvalue weighted by Crippen LogP contribution is 1.89. The van der Waals surface area contributed by atoms with Gasteiger partial charge in [0.05, 0.1) is 0 Å². The number of carboxylic acids is 1. The Balaban J connectivity index is 3.71. The molecule has 0 saturated heterocycles. The number of rotatable bonds is 8. The molecule has 0 radical (unpaired) electrons. The van der Waals surface area contributed by atoms with Crippen LogP contribution >= 0.6 is 0 Å². The maximum absolute atomic E-state index is 11.5. The second-order valence-corrected chi connectivity index (χ2v) is 3.19. The second kappa shape index (κ2) is 8.96. The van der Waals surface area contributed by atoms with Crippen LogP contribution in [-0.4, -0.2) is 54.9 Å². The molecule has 2 N–H and O–H groups in total. The summed E-state index contributed by atoms with van der Waals surface area (Å²) in [5, 5.41) is 11.2. The van der Waals surface area contributed by atoms with Crippen molar-refractivity contribution < 1.29 is 19.4 Å². The Morgan fingerprint density at radius 2 is 2.06 bits per heavy atom. The van der Waals surface area contributed by atoms with Gasteiger partial charge in [0.25, 0.3) is 0 Å². The third kappa shape index (κ3) is 7.05. The zero-order valence-corrected chi connectivity index (χ0v) is 9.86. The Morgan fingerprint density at radius 3 is 2.56 bits per heavy atom. The minimum Gasteiger partial charge on any atom is -0.480 e. The van der Waals surface area contributed by atoms with Crippen LogP contribution < -0.4 is 5.32 Å². The van der Waals surface area contributed by atoms with Gasteiger partial charge in [0, 0.05) is 26.3 Å². The lowest BCUT2D eigenvalue weighted by Gasteiger charge is -2.18. The van der Waals surface area contributed by atoms with Gasteiger partial charge >= 0.3 is 12.0 Å². The minimum atomic E-state index is -1.01. The van der Waals surface area contributed by atoms with Crippen LogP contribution in [-0.2, 0) is 9.53 Å². The van der Waals surface area contributed by atoms with Gasteiger partial charge in [0.2, 0.25) is 0 Å². The molecule has 0 aliphatic rings. The van der Waals surface area contributed by atoms with Crippen molar-refractivity contribution in [3.8, 4) is 0 Å². The molecule has 94 valence electrons. The summed E-state index contributed by atoms with van der Waals surface area (Å²) >= 11 is 0. The van der Waals surface area contributed by atoms with Crippen LogP contribution in [0.25, 0.3) is 0 Å². The van der Waals surface area contributed by atoms with E-state index in [-0.39, 0.29) is 12.6 Å². The van der Waals surface area contributed by atoms with Crippen LogP contribution in [0.4, 0.5) is 4.79 Å². The van der Waals surface area contributed by atoms with Gasteiger partial charge < -0.3 is 20.1 Å². The third-order valence-corrected chi connectivity index (χ3v) is 1.94. The van der Waals surface area contributed by atoms with Crippen molar-refractivity contribution in [2.24, 2.45) is 0 Å². The van der Waals surface area contributed by atoms with Gasteiger partial charge in [-0.15, -0.1) is 0 Å². The SMILES string of the molecule is CCOCCCNC(=O)N(CC)CC(=O)O. The van der Waals surface area contributed by atoms with E-state index in [0.717, 1.165) is 6.42 Å². The van der Waals surface area contributed by atoms with Gasteiger partial charge in [-0.05, 0) is 20.3 Å². The first-order valence-electron chi connectivity index (χ1n) is 5.44. The van der Waals surface area contributed by atoms with Gasteiger partial charge in [0.1, 0.15) is 6.54 Å². The lowest BCUT2D eigenvalue weighted by atomic mass is 10.4. The highest BCUT2D eigenvalue weighted by atomic mass is 16.5. The Labute approximate surface area is 95.6 Å². The van der Waals surface area contributed by atoms with Crippen LogP contribution in [0, 0.1) is 0 Å². The lowest BCUT2D eigenvalue weighted by Crippen LogP contribution is -2.43. The fourth-order valence-corrected chi connectivity index (χ4v) is 1.12. The van der Waals surface area contributed by atoms with E-state index in [1.54, 1.807) is 6.92 Å². The summed E-state index contributed by atoms with van der Waals surface area (Å²) in [5.41, 5.74) is 0. The van der Waals surface area contributed by atoms with Gasteiger partial charge in [-0.1, -0.05) is 0 Å². The number of carboxylic acid groups (broad SMARTS) is 1. The number of hydrogen-bond donors (Lipinski definition) is 2. The summed E-state index contributed by atoms with van der Waals surface area (Å²) in [6, 6.07) is -0.346. The Morgan fingerprint density at radius 1 is 1.38 bits per heavy atom. The zero-order chi connectivity index (χ0) is 12.4. The van der Waals surface area contributed by atoms with Gasteiger partial charge in [-0.3, -0.25) is 4.79 Å². The topological polar surface area (TPSA) is 78.9 Å². The number of nitrogens with zero attached hydrogens (tertiary/aromatic N) is 1. The first kappa shape index (κ1) is 14.7. The molecular formula is C10H20N2O4. The van der Waals surface area contributed by atoms with Crippen molar-refractivity contribution in [2.45, 2.75) is 20.3 Å². The summed E-state index contributed by atoms with van der Waals surface area (Å²) < 4.78 is 5.11. The predicted octanol–water partition coefficient (Wildman–Crippen LogP) is 0.529. The quantitative estimate of drug-likeness (QED) is 0.598. The first-order valence-corrected chi connectivity index (χ1v) is 5.44. The minimum absolute atomic E-state index is 0.270. The molecule has 0 aromatic rings. The molecule has 0 aliphatic carbocycles. The molecule has 0 atom stereocenters. The molecule has 2 amide bonds. The maximum atomic E-state index is 11.5. The van der Waals surface area contributed by atoms with E-state index in [0.29, 0.717) is 26.3 Å². The van der Waals surface area contributed by atoms with Crippen molar-refractivity contribution in [2.75, 3.05) is 32.8 Å². The monoisotopic (exact) mass is 232 g/mol. The molecule has 6 heteroatoms. The summed E-state index contributed by atoms with van der Waals surface area (Å²) in [4.78, 5) is 23.1. The maximum Gasteiger partial charge on any atom is 0.323 e. The number of nitrogens with one attached hydrogen (secondary N) is 1. The first-order chi connectivity index (χ1) is 7.61. The van der Waals surface area contributed by atoms with Crippen molar-refractivity contribution in [1.82, 2.24) is 10.2 Å². The number of ether oxygens (including phenoxy) is 1. The predicted molar refractivity (Wildman–Crippen MR) is 59.4 cm³/mol. The molecule has 0 fully saturated rings. The van der Waals surface area contributed by atoms with E-state index in [1.807, 2.05) is 6.92 Å². The second-order valence-electron chi connectivity index (χ2n) is 3.19.